The molecule has 0 spiro atoms. The molecule has 5 N–H and O–H groups in total. The van der Waals surface area contributed by atoms with E-state index < -0.39 is 6.10 Å². The predicted octanol–water partition coefficient (Wildman–Crippen LogP) is 1.40. The average Bonchev–Trinajstić information content (AvgIpc) is 2.99. The molecule has 24 heavy (non-hydrogen) atoms. The number of fused-ring (bicyclic) bond motifs is 1. The second kappa shape index (κ2) is 8.97. The van der Waals surface area contributed by atoms with Crippen LogP contribution in [0.4, 0.5) is 5.69 Å². The van der Waals surface area contributed by atoms with Gasteiger partial charge in [-0.3, -0.25) is 4.79 Å². The van der Waals surface area contributed by atoms with E-state index in [-0.39, 0.29) is 36.6 Å². The van der Waals surface area contributed by atoms with Gasteiger partial charge in [0.25, 0.3) is 5.91 Å². The molecule has 1 amide bonds. The zero-order valence-corrected chi connectivity index (χ0v) is 15.4. The van der Waals surface area contributed by atoms with Crippen LogP contribution in [0.2, 0.25) is 5.02 Å². The molecule has 0 unspecified atom stereocenters. The summed E-state index contributed by atoms with van der Waals surface area (Å²) in [6.07, 6.45) is 1.05. The van der Waals surface area contributed by atoms with E-state index in [9.17, 15) is 9.90 Å². The third kappa shape index (κ3) is 4.18. The fraction of sp³-hybridized carbons (Fsp3) is 0.533. The molecule has 0 radical (unpaired) electrons. The number of piperidine rings is 1. The molecule has 0 aromatic heterocycles. The third-order valence-corrected chi connectivity index (χ3v) is 4.64. The number of β-amino-alcohol motifs (C(OH)–C–C–N with tert-alkyl or cyclic N) is 1. The van der Waals surface area contributed by atoms with Gasteiger partial charge >= 0.3 is 0 Å². The molecule has 1 aromatic rings. The Morgan fingerprint density at radius 1 is 1.50 bits per heavy atom. The number of nitrogens with one attached hydrogen (secondary N) is 2. The van der Waals surface area contributed by atoms with E-state index in [2.05, 4.69) is 10.6 Å². The molecule has 1 aromatic carbocycles. The monoisotopic (exact) mass is 397 g/mol. The zero-order valence-electron chi connectivity index (χ0n) is 13.0. The first-order chi connectivity index (χ1) is 10.6. The van der Waals surface area contributed by atoms with Crippen LogP contribution in [0.5, 0.6) is 5.75 Å². The Bertz CT molecular complexity index is 601. The fourth-order valence-electron chi connectivity index (χ4n) is 2.99. The van der Waals surface area contributed by atoms with Crippen LogP contribution in [0.25, 0.3) is 0 Å². The fourth-order valence-corrected chi connectivity index (χ4v) is 3.21. The summed E-state index contributed by atoms with van der Waals surface area (Å²) in [5, 5.41) is 16.3. The Morgan fingerprint density at radius 2 is 2.25 bits per heavy atom. The van der Waals surface area contributed by atoms with Gasteiger partial charge in [0.2, 0.25) is 0 Å². The Labute approximate surface area is 158 Å². The summed E-state index contributed by atoms with van der Waals surface area (Å²) in [5.74, 6) is 0.347. The van der Waals surface area contributed by atoms with E-state index in [0.29, 0.717) is 48.1 Å². The number of hydrogen-bond acceptors (Lipinski definition) is 5. The van der Waals surface area contributed by atoms with Gasteiger partial charge in [0.05, 0.1) is 29.0 Å². The maximum Gasteiger partial charge on any atom is 0.255 e. The quantitative estimate of drug-likeness (QED) is 0.577. The Hall–Kier alpha value is -0.920. The highest BCUT2D eigenvalue weighted by Gasteiger charge is 2.27. The van der Waals surface area contributed by atoms with Crippen LogP contribution in [0, 0.1) is 5.92 Å². The van der Waals surface area contributed by atoms with Crippen molar-refractivity contribution in [1.82, 2.24) is 10.6 Å². The summed E-state index contributed by atoms with van der Waals surface area (Å²) in [5.41, 5.74) is 7.63. The first-order valence-electron chi connectivity index (χ1n) is 7.48. The van der Waals surface area contributed by atoms with Gasteiger partial charge in [-0.05, 0) is 19.0 Å². The van der Waals surface area contributed by atoms with Crippen molar-refractivity contribution in [2.45, 2.75) is 18.9 Å². The highest BCUT2D eigenvalue weighted by molar-refractivity contribution is 6.33. The SMILES string of the molecule is Cl.Cl.Nc1c(Cl)cc(C(=O)NC[C@H]2CCNC[C@H]2O)c2c1CCO2. The highest BCUT2D eigenvalue weighted by Crippen LogP contribution is 2.38. The summed E-state index contributed by atoms with van der Waals surface area (Å²) in [7, 11) is 0. The molecular formula is C15H22Cl3N3O3. The van der Waals surface area contributed by atoms with Crippen molar-refractivity contribution in [3.8, 4) is 5.75 Å². The van der Waals surface area contributed by atoms with Gasteiger partial charge in [0.1, 0.15) is 5.75 Å². The van der Waals surface area contributed by atoms with Crippen molar-refractivity contribution in [3.05, 3.63) is 22.2 Å². The maximum absolute atomic E-state index is 12.4. The molecule has 2 aliphatic rings. The van der Waals surface area contributed by atoms with Gasteiger partial charge in [-0.25, -0.2) is 0 Å². The van der Waals surface area contributed by atoms with Crippen LogP contribution in [-0.2, 0) is 6.42 Å². The smallest absolute Gasteiger partial charge is 0.255 e. The van der Waals surface area contributed by atoms with E-state index in [1.54, 1.807) is 6.07 Å². The molecule has 2 atom stereocenters. The minimum absolute atomic E-state index is 0. The lowest BCUT2D eigenvalue weighted by Gasteiger charge is -2.28. The molecule has 0 aliphatic carbocycles. The maximum atomic E-state index is 12.4. The lowest BCUT2D eigenvalue weighted by Crippen LogP contribution is -2.45. The van der Waals surface area contributed by atoms with Crippen molar-refractivity contribution in [2.24, 2.45) is 5.92 Å². The molecule has 0 saturated carbocycles. The van der Waals surface area contributed by atoms with Gasteiger partial charge in [0.15, 0.2) is 0 Å². The Morgan fingerprint density at radius 3 is 2.96 bits per heavy atom. The standard InChI is InChI=1S/C15H20ClN3O3.2ClH/c16-11-5-10(14-9(13(11)17)2-4-22-14)15(21)19-6-8-1-3-18-7-12(8)20;;/h5,8,12,18,20H,1-4,6-7,17H2,(H,19,21);2*1H/t8-,12-;;/m1../s1. The number of nitrogen functional groups attached to an aromatic ring is 1. The van der Waals surface area contributed by atoms with Gasteiger partial charge in [-0.1, -0.05) is 11.6 Å². The zero-order chi connectivity index (χ0) is 15.7. The van der Waals surface area contributed by atoms with Crippen LogP contribution >= 0.6 is 36.4 Å². The largest absolute Gasteiger partial charge is 0.492 e. The van der Waals surface area contributed by atoms with Gasteiger partial charge < -0.3 is 26.2 Å². The van der Waals surface area contributed by atoms with E-state index in [1.807, 2.05) is 0 Å². The van der Waals surface area contributed by atoms with E-state index in [4.69, 9.17) is 22.1 Å². The summed E-state index contributed by atoms with van der Waals surface area (Å²) in [6, 6.07) is 1.55. The number of aliphatic hydroxyl groups excluding tert-OH is 1. The first kappa shape index (κ1) is 21.1. The topological polar surface area (TPSA) is 96.6 Å². The number of amides is 1. The summed E-state index contributed by atoms with van der Waals surface area (Å²) in [6.45, 7) is 2.35. The summed E-state index contributed by atoms with van der Waals surface area (Å²) in [4.78, 5) is 12.4. The molecule has 3 rings (SSSR count). The van der Waals surface area contributed by atoms with Crippen molar-refractivity contribution >= 4 is 48.0 Å². The highest BCUT2D eigenvalue weighted by atomic mass is 35.5. The van der Waals surface area contributed by atoms with E-state index in [0.717, 1.165) is 18.5 Å². The lowest BCUT2D eigenvalue weighted by atomic mass is 9.95. The molecule has 2 aliphatic heterocycles. The van der Waals surface area contributed by atoms with Crippen molar-refractivity contribution in [3.63, 3.8) is 0 Å². The van der Waals surface area contributed by atoms with Crippen LogP contribution in [0.15, 0.2) is 6.07 Å². The number of ether oxygens (including phenoxy) is 1. The number of halogens is 3. The number of carbonyl (C=O) groups excluding carboxylic acids is 1. The van der Waals surface area contributed by atoms with Crippen LogP contribution < -0.4 is 21.1 Å². The normalized spacial score (nSPS) is 21.8. The van der Waals surface area contributed by atoms with Crippen molar-refractivity contribution in [1.29, 1.82) is 0 Å². The van der Waals surface area contributed by atoms with Crippen LogP contribution in [-0.4, -0.2) is 43.4 Å². The number of aliphatic hydroxyl groups is 1. The minimum Gasteiger partial charge on any atom is -0.492 e. The minimum atomic E-state index is -0.439. The Balaban J connectivity index is 0.00000144. The van der Waals surface area contributed by atoms with Gasteiger partial charge in [-0.2, -0.15) is 0 Å². The molecular weight excluding hydrogens is 377 g/mol. The summed E-state index contributed by atoms with van der Waals surface area (Å²) >= 11 is 6.10. The number of hydrogen-bond donors (Lipinski definition) is 4. The van der Waals surface area contributed by atoms with Gasteiger partial charge in [0, 0.05) is 31.0 Å². The third-order valence-electron chi connectivity index (χ3n) is 4.33. The number of anilines is 1. The molecule has 9 heteroatoms. The average molecular weight is 399 g/mol. The second-order valence-electron chi connectivity index (χ2n) is 5.76. The Kier molecular flexibility index (Phi) is 7.89. The molecule has 1 fully saturated rings. The number of rotatable bonds is 3. The van der Waals surface area contributed by atoms with Crippen LogP contribution in [0.3, 0.4) is 0 Å². The summed E-state index contributed by atoms with van der Waals surface area (Å²) < 4.78 is 5.54. The molecule has 2 heterocycles. The van der Waals surface area contributed by atoms with E-state index >= 15 is 0 Å². The first-order valence-corrected chi connectivity index (χ1v) is 7.86. The molecule has 1 saturated heterocycles. The lowest BCUT2D eigenvalue weighted by molar-refractivity contribution is 0.0752. The predicted molar refractivity (Wildman–Crippen MR) is 98.9 cm³/mol. The number of benzene rings is 1. The van der Waals surface area contributed by atoms with E-state index in [1.165, 1.54) is 0 Å². The van der Waals surface area contributed by atoms with Crippen molar-refractivity contribution < 1.29 is 14.6 Å². The van der Waals surface area contributed by atoms with Crippen molar-refractivity contribution in [2.75, 3.05) is 32.0 Å². The van der Waals surface area contributed by atoms with Crippen LogP contribution in [0.1, 0.15) is 22.3 Å². The molecule has 136 valence electrons. The number of carbonyl (C=O) groups is 1. The molecule has 0 bridgehead atoms. The second-order valence-corrected chi connectivity index (χ2v) is 6.16. The number of nitrogens with two attached hydrogens (primary N) is 1. The molecule has 6 nitrogen and oxygen atoms in total. The van der Waals surface area contributed by atoms with Gasteiger partial charge in [-0.15, -0.1) is 24.8 Å².